The van der Waals surface area contributed by atoms with Crippen LogP contribution < -0.4 is 10.1 Å². The van der Waals surface area contributed by atoms with Crippen molar-refractivity contribution >= 4 is 22.6 Å². The lowest BCUT2D eigenvalue weighted by Gasteiger charge is -2.12. The molecule has 0 spiro atoms. The maximum atomic E-state index is 12.6. The molecule has 1 fully saturated rings. The topological polar surface area (TPSA) is 73.3 Å². The number of nitrogens with zero attached hydrogens (tertiary/aromatic N) is 2. The standard InChI is InChI=1S/C20H19N3O3/c24-20(17-4-1-5-18-19(17)22-11-10-21-18)23-14-6-8-15(9-7-14)26-13-16-3-2-12-25-16/h1,4-11,16H,2-3,12-13H2,(H,23,24). The van der Waals surface area contributed by atoms with Gasteiger partial charge in [-0.3, -0.25) is 14.8 Å². The predicted molar refractivity (Wildman–Crippen MR) is 98.4 cm³/mol. The molecular formula is C20H19N3O3. The van der Waals surface area contributed by atoms with Gasteiger partial charge in [-0.1, -0.05) is 6.07 Å². The second kappa shape index (κ2) is 7.49. The summed E-state index contributed by atoms with van der Waals surface area (Å²) in [5.74, 6) is 0.540. The summed E-state index contributed by atoms with van der Waals surface area (Å²) >= 11 is 0. The Morgan fingerprint density at radius 2 is 2.00 bits per heavy atom. The highest BCUT2D eigenvalue weighted by atomic mass is 16.5. The second-order valence-electron chi connectivity index (χ2n) is 6.15. The van der Waals surface area contributed by atoms with E-state index in [9.17, 15) is 4.79 Å². The van der Waals surface area contributed by atoms with E-state index in [0.29, 0.717) is 28.9 Å². The summed E-state index contributed by atoms with van der Waals surface area (Å²) in [5.41, 5.74) is 2.47. The molecule has 1 aliphatic heterocycles. The first-order chi connectivity index (χ1) is 12.8. The molecule has 1 atom stereocenters. The van der Waals surface area contributed by atoms with Crippen LogP contribution >= 0.6 is 0 Å². The Hall–Kier alpha value is -2.99. The molecule has 0 saturated carbocycles. The molecule has 1 saturated heterocycles. The number of ether oxygens (including phenoxy) is 2. The Bertz CT molecular complexity index is 900. The fourth-order valence-electron chi connectivity index (χ4n) is 2.97. The summed E-state index contributed by atoms with van der Waals surface area (Å²) in [4.78, 5) is 21.1. The van der Waals surface area contributed by atoms with E-state index >= 15 is 0 Å². The molecule has 3 aromatic rings. The molecule has 2 aromatic carbocycles. The van der Waals surface area contributed by atoms with E-state index in [1.54, 1.807) is 24.5 Å². The first-order valence-electron chi connectivity index (χ1n) is 8.65. The van der Waals surface area contributed by atoms with E-state index in [4.69, 9.17) is 9.47 Å². The van der Waals surface area contributed by atoms with Gasteiger partial charge in [-0.25, -0.2) is 0 Å². The van der Waals surface area contributed by atoms with Crippen molar-refractivity contribution in [2.45, 2.75) is 18.9 Å². The van der Waals surface area contributed by atoms with Gasteiger partial charge in [0, 0.05) is 24.7 Å². The van der Waals surface area contributed by atoms with E-state index in [1.165, 1.54) is 0 Å². The van der Waals surface area contributed by atoms with Crippen LogP contribution in [0.25, 0.3) is 11.0 Å². The number of rotatable bonds is 5. The zero-order chi connectivity index (χ0) is 17.8. The maximum Gasteiger partial charge on any atom is 0.257 e. The number of amides is 1. The lowest BCUT2D eigenvalue weighted by Crippen LogP contribution is -2.16. The number of carbonyl (C=O) groups excluding carboxylic acids is 1. The van der Waals surface area contributed by atoms with Crippen LogP contribution in [0.4, 0.5) is 5.69 Å². The fourth-order valence-corrected chi connectivity index (χ4v) is 2.97. The molecule has 0 aliphatic carbocycles. The van der Waals surface area contributed by atoms with Crippen molar-refractivity contribution in [3.63, 3.8) is 0 Å². The summed E-state index contributed by atoms with van der Waals surface area (Å²) in [6, 6.07) is 12.7. The maximum absolute atomic E-state index is 12.6. The van der Waals surface area contributed by atoms with E-state index in [2.05, 4.69) is 15.3 Å². The van der Waals surface area contributed by atoms with Gasteiger partial charge in [0.25, 0.3) is 5.91 Å². The number of aromatic nitrogens is 2. The molecule has 0 radical (unpaired) electrons. The van der Waals surface area contributed by atoms with Gasteiger partial charge in [-0.15, -0.1) is 0 Å². The molecule has 26 heavy (non-hydrogen) atoms. The van der Waals surface area contributed by atoms with Crippen molar-refractivity contribution < 1.29 is 14.3 Å². The van der Waals surface area contributed by atoms with Crippen LogP contribution in [0.3, 0.4) is 0 Å². The molecule has 1 N–H and O–H groups in total. The van der Waals surface area contributed by atoms with E-state index in [1.807, 2.05) is 30.3 Å². The lowest BCUT2D eigenvalue weighted by molar-refractivity contribution is 0.0679. The fraction of sp³-hybridized carbons (Fsp3) is 0.250. The Kier molecular flexibility index (Phi) is 4.75. The van der Waals surface area contributed by atoms with Crippen molar-refractivity contribution in [3.05, 3.63) is 60.4 Å². The van der Waals surface area contributed by atoms with Crippen LogP contribution in [0.2, 0.25) is 0 Å². The Morgan fingerprint density at radius 3 is 2.81 bits per heavy atom. The minimum atomic E-state index is -0.218. The zero-order valence-corrected chi connectivity index (χ0v) is 14.2. The van der Waals surface area contributed by atoms with Crippen LogP contribution in [0, 0.1) is 0 Å². The lowest BCUT2D eigenvalue weighted by atomic mass is 10.1. The smallest absolute Gasteiger partial charge is 0.257 e. The van der Waals surface area contributed by atoms with Gasteiger partial charge in [0.15, 0.2) is 0 Å². The molecule has 1 aliphatic rings. The van der Waals surface area contributed by atoms with Crippen molar-refractivity contribution in [2.75, 3.05) is 18.5 Å². The monoisotopic (exact) mass is 349 g/mol. The number of fused-ring (bicyclic) bond motifs is 1. The molecule has 132 valence electrons. The van der Waals surface area contributed by atoms with E-state index < -0.39 is 0 Å². The number of hydrogen-bond donors (Lipinski definition) is 1. The summed E-state index contributed by atoms with van der Waals surface area (Å²) in [5, 5.41) is 2.89. The molecule has 2 heterocycles. The molecule has 1 amide bonds. The number of nitrogens with one attached hydrogen (secondary N) is 1. The first-order valence-corrected chi connectivity index (χ1v) is 8.65. The predicted octanol–water partition coefficient (Wildman–Crippen LogP) is 3.44. The average molecular weight is 349 g/mol. The Morgan fingerprint density at radius 1 is 1.15 bits per heavy atom. The van der Waals surface area contributed by atoms with Crippen molar-refractivity contribution in [1.29, 1.82) is 0 Å². The van der Waals surface area contributed by atoms with Crippen molar-refractivity contribution in [2.24, 2.45) is 0 Å². The van der Waals surface area contributed by atoms with Crippen LogP contribution in [0.1, 0.15) is 23.2 Å². The van der Waals surface area contributed by atoms with Crippen molar-refractivity contribution in [3.8, 4) is 5.75 Å². The number of hydrogen-bond acceptors (Lipinski definition) is 5. The van der Waals surface area contributed by atoms with Gasteiger partial charge in [-0.05, 0) is 49.2 Å². The highest BCUT2D eigenvalue weighted by molar-refractivity contribution is 6.11. The first kappa shape index (κ1) is 16.5. The Labute approximate surface area is 151 Å². The number of para-hydroxylation sites is 1. The molecule has 0 bridgehead atoms. The van der Waals surface area contributed by atoms with Gasteiger partial charge in [0.2, 0.25) is 0 Å². The number of benzene rings is 2. The van der Waals surface area contributed by atoms with Crippen LogP contribution in [0.5, 0.6) is 5.75 Å². The summed E-state index contributed by atoms with van der Waals surface area (Å²) < 4.78 is 11.3. The normalized spacial score (nSPS) is 16.5. The molecule has 1 aromatic heterocycles. The van der Waals surface area contributed by atoms with Crippen LogP contribution in [-0.4, -0.2) is 35.2 Å². The summed E-state index contributed by atoms with van der Waals surface area (Å²) in [6.07, 6.45) is 5.51. The summed E-state index contributed by atoms with van der Waals surface area (Å²) in [6.45, 7) is 1.37. The number of carbonyl (C=O) groups is 1. The zero-order valence-electron chi connectivity index (χ0n) is 14.2. The third-order valence-corrected chi connectivity index (χ3v) is 4.32. The van der Waals surface area contributed by atoms with Crippen LogP contribution in [0.15, 0.2) is 54.9 Å². The highest BCUT2D eigenvalue weighted by Gasteiger charge is 2.16. The highest BCUT2D eigenvalue weighted by Crippen LogP contribution is 2.20. The van der Waals surface area contributed by atoms with Gasteiger partial charge < -0.3 is 14.8 Å². The summed E-state index contributed by atoms with van der Waals surface area (Å²) in [7, 11) is 0. The van der Waals surface area contributed by atoms with Gasteiger partial charge >= 0.3 is 0 Å². The van der Waals surface area contributed by atoms with E-state index in [0.717, 1.165) is 25.2 Å². The third-order valence-electron chi connectivity index (χ3n) is 4.32. The Balaban J connectivity index is 1.42. The third kappa shape index (κ3) is 3.65. The minimum absolute atomic E-state index is 0.182. The second-order valence-corrected chi connectivity index (χ2v) is 6.15. The largest absolute Gasteiger partial charge is 0.491 e. The molecule has 1 unspecified atom stereocenters. The van der Waals surface area contributed by atoms with Gasteiger partial charge in [0.1, 0.15) is 17.9 Å². The minimum Gasteiger partial charge on any atom is -0.491 e. The van der Waals surface area contributed by atoms with Crippen LogP contribution in [-0.2, 0) is 4.74 Å². The van der Waals surface area contributed by atoms with Gasteiger partial charge in [0.05, 0.1) is 17.2 Å². The molecule has 6 nitrogen and oxygen atoms in total. The SMILES string of the molecule is O=C(Nc1ccc(OCC2CCCO2)cc1)c1cccc2nccnc12. The quantitative estimate of drug-likeness (QED) is 0.764. The molecular weight excluding hydrogens is 330 g/mol. The van der Waals surface area contributed by atoms with E-state index in [-0.39, 0.29) is 12.0 Å². The van der Waals surface area contributed by atoms with Crippen molar-refractivity contribution in [1.82, 2.24) is 9.97 Å². The average Bonchev–Trinajstić information content (AvgIpc) is 3.20. The van der Waals surface area contributed by atoms with Gasteiger partial charge in [-0.2, -0.15) is 0 Å². The number of anilines is 1. The molecule has 6 heteroatoms. The molecule has 4 rings (SSSR count).